The SMILES string of the molecule is CCCOc1ccc(OCCOC(=O)c2ccc(NC(C)=O)cc2)cc1. The molecule has 2 aromatic carbocycles. The second kappa shape index (κ2) is 10.1. The molecule has 0 aliphatic carbocycles. The summed E-state index contributed by atoms with van der Waals surface area (Å²) in [6.07, 6.45) is 0.958. The second-order valence-electron chi connectivity index (χ2n) is 5.56. The van der Waals surface area contributed by atoms with Crippen LogP contribution in [0.3, 0.4) is 0 Å². The van der Waals surface area contributed by atoms with E-state index in [0.29, 0.717) is 23.6 Å². The average Bonchev–Trinajstić information content (AvgIpc) is 2.64. The fourth-order valence-electron chi connectivity index (χ4n) is 2.12. The molecule has 0 fully saturated rings. The number of esters is 1. The molecule has 2 aromatic rings. The van der Waals surface area contributed by atoms with E-state index in [1.165, 1.54) is 6.92 Å². The Morgan fingerprint density at radius 1 is 0.846 bits per heavy atom. The molecule has 2 rings (SSSR count). The molecular weight excluding hydrogens is 334 g/mol. The zero-order chi connectivity index (χ0) is 18.8. The molecule has 1 amide bonds. The lowest BCUT2D eigenvalue weighted by molar-refractivity contribution is -0.114. The summed E-state index contributed by atoms with van der Waals surface area (Å²) in [5, 5.41) is 2.64. The monoisotopic (exact) mass is 357 g/mol. The van der Waals surface area contributed by atoms with E-state index in [1.807, 2.05) is 24.3 Å². The molecule has 138 valence electrons. The highest BCUT2D eigenvalue weighted by Crippen LogP contribution is 2.17. The third-order valence-electron chi connectivity index (χ3n) is 3.32. The zero-order valence-corrected chi connectivity index (χ0v) is 15.0. The summed E-state index contributed by atoms with van der Waals surface area (Å²) in [6.45, 7) is 4.55. The van der Waals surface area contributed by atoms with E-state index in [9.17, 15) is 9.59 Å². The van der Waals surface area contributed by atoms with Crippen molar-refractivity contribution in [3.8, 4) is 11.5 Å². The van der Waals surface area contributed by atoms with Gasteiger partial charge in [0, 0.05) is 12.6 Å². The van der Waals surface area contributed by atoms with Crippen LogP contribution in [0.25, 0.3) is 0 Å². The molecule has 0 bridgehead atoms. The van der Waals surface area contributed by atoms with Gasteiger partial charge < -0.3 is 19.5 Å². The smallest absolute Gasteiger partial charge is 0.338 e. The minimum Gasteiger partial charge on any atom is -0.494 e. The van der Waals surface area contributed by atoms with E-state index < -0.39 is 5.97 Å². The minimum absolute atomic E-state index is 0.139. The first-order valence-corrected chi connectivity index (χ1v) is 8.49. The normalized spacial score (nSPS) is 10.1. The Balaban J connectivity index is 1.71. The topological polar surface area (TPSA) is 73.9 Å². The third kappa shape index (κ3) is 6.47. The average molecular weight is 357 g/mol. The van der Waals surface area contributed by atoms with Gasteiger partial charge in [-0.3, -0.25) is 4.79 Å². The molecule has 0 aromatic heterocycles. The summed E-state index contributed by atoms with van der Waals surface area (Å²) >= 11 is 0. The third-order valence-corrected chi connectivity index (χ3v) is 3.32. The zero-order valence-electron chi connectivity index (χ0n) is 15.0. The van der Waals surface area contributed by atoms with Gasteiger partial charge in [-0.1, -0.05) is 6.92 Å². The quantitative estimate of drug-likeness (QED) is 0.547. The highest BCUT2D eigenvalue weighted by molar-refractivity contribution is 5.92. The highest BCUT2D eigenvalue weighted by Gasteiger charge is 2.07. The number of anilines is 1. The van der Waals surface area contributed by atoms with Crippen molar-refractivity contribution in [2.24, 2.45) is 0 Å². The van der Waals surface area contributed by atoms with E-state index >= 15 is 0 Å². The van der Waals surface area contributed by atoms with Gasteiger partial charge >= 0.3 is 5.97 Å². The first-order valence-electron chi connectivity index (χ1n) is 8.49. The predicted molar refractivity (Wildman–Crippen MR) is 98.8 cm³/mol. The number of carbonyl (C=O) groups is 2. The van der Waals surface area contributed by atoms with Gasteiger partial charge in [0.05, 0.1) is 12.2 Å². The molecule has 0 saturated carbocycles. The van der Waals surface area contributed by atoms with Crippen LogP contribution < -0.4 is 14.8 Å². The van der Waals surface area contributed by atoms with E-state index in [1.54, 1.807) is 24.3 Å². The summed E-state index contributed by atoms with van der Waals surface area (Å²) < 4.78 is 16.2. The van der Waals surface area contributed by atoms with Gasteiger partial charge in [0.15, 0.2) is 0 Å². The molecule has 0 unspecified atom stereocenters. The fourth-order valence-corrected chi connectivity index (χ4v) is 2.12. The van der Waals surface area contributed by atoms with Crippen molar-refractivity contribution in [1.29, 1.82) is 0 Å². The van der Waals surface area contributed by atoms with Gasteiger partial charge in [-0.25, -0.2) is 4.79 Å². The van der Waals surface area contributed by atoms with Gasteiger partial charge in [-0.2, -0.15) is 0 Å². The van der Waals surface area contributed by atoms with Crippen LogP contribution in [0.1, 0.15) is 30.6 Å². The van der Waals surface area contributed by atoms with Crippen molar-refractivity contribution < 1.29 is 23.8 Å². The summed E-state index contributed by atoms with van der Waals surface area (Å²) in [5.74, 6) is 0.881. The van der Waals surface area contributed by atoms with E-state index in [-0.39, 0.29) is 19.1 Å². The van der Waals surface area contributed by atoms with Crippen LogP contribution in [0.2, 0.25) is 0 Å². The maximum atomic E-state index is 12.0. The minimum atomic E-state index is -0.439. The maximum absolute atomic E-state index is 12.0. The van der Waals surface area contributed by atoms with Crippen molar-refractivity contribution in [2.45, 2.75) is 20.3 Å². The lowest BCUT2D eigenvalue weighted by Gasteiger charge is -2.09. The first-order chi connectivity index (χ1) is 12.6. The predicted octanol–water partition coefficient (Wildman–Crippen LogP) is 3.67. The van der Waals surface area contributed by atoms with Crippen LogP contribution in [-0.4, -0.2) is 31.7 Å². The number of ether oxygens (including phenoxy) is 3. The lowest BCUT2D eigenvalue weighted by atomic mass is 10.2. The van der Waals surface area contributed by atoms with Crippen molar-refractivity contribution >= 4 is 17.6 Å². The number of amides is 1. The Morgan fingerprint density at radius 2 is 1.42 bits per heavy atom. The lowest BCUT2D eigenvalue weighted by Crippen LogP contribution is -2.12. The van der Waals surface area contributed by atoms with Crippen LogP contribution >= 0.6 is 0 Å². The van der Waals surface area contributed by atoms with Crippen molar-refractivity contribution in [2.75, 3.05) is 25.1 Å². The van der Waals surface area contributed by atoms with Crippen LogP contribution in [0.4, 0.5) is 5.69 Å². The number of benzene rings is 2. The summed E-state index contributed by atoms with van der Waals surface area (Å²) in [6, 6.07) is 13.8. The summed E-state index contributed by atoms with van der Waals surface area (Å²) in [5.41, 5.74) is 1.04. The molecule has 0 spiro atoms. The van der Waals surface area contributed by atoms with Crippen LogP contribution in [0.5, 0.6) is 11.5 Å². The van der Waals surface area contributed by atoms with Gasteiger partial charge in [0.25, 0.3) is 0 Å². The van der Waals surface area contributed by atoms with E-state index in [0.717, 1.165) is 12.2 Å². The Bertz CT molecular complexity index is 710. The van der Waals surface area contributed by atoms with Crippen LogP contribution in [0, 0.1) is 0 Å². The van der Waals surface area contributed by atoms with Gasteiger partial charge in [-0.05, 0) is 55.0 Å². The number of hydrogen-bond donors (Lipinski definition) is 1. The molecule has 6 nitrogen and oxygen atoms in total. The Hall–Kier alpha value is -3.02. The molecule has 0 atom stereocenters. The molecule has 0 radical (unpaired) electrons. The Kier molecular flexibility index (Phi) is 7.49. The van der Waals surface area contributed by atoms with Crippen LogP contribution in [-0.2, 0) is 9.53 Å². The van der Waals surface area contributed by atoms with Crippen LogP contribution in [0.15, 0.2) is 48.5 Å². The highest BCUT2D eigenvalue weighted by atomic mass is 16.6. The molecule has 0 heterocycles. The van der Waals surface area contributed by atoms with Crippen molar-refractivity contribution in [3.05, 3.63) is 54.1 Å². The molecule has 0 saturated heterocycles. The number of rotatable bonds is 9. The number of nitrogens with one attached hydrogen (secondary N) is 1. The standard InChI is InChI=1S/C20H23NO5/c1-3-12-24-18-8-10-19(11-9-18)25-13-14-26-20(23)16-4-6-17(7-5-16)21-15(2)22/h4-11H,3,12-14H2,1-2H3,(H,21,22). The van der Waals surface area contributed by atoms with Crippen molar-refractivity contribution in [3.63, 3.8) is 0 Å². The molecule has 6 heteroatoms. The van der Waals surface area contributed by atoms with Gasteiger partial charge in [0.2, 0.25) is 5.91 Å². The largest absolute Gasteiger partial charge is 0.494 e. The Morgan fingerprint density at radius 3 is 1.96 bits per heavy atom. The van der Waals surface area contributed by atoms with E-state index in [4.69, 9.17) is 14.2 Å². The summed E-state index contributed by atoms with van der Waals surface area (Å²) in [7, 11) is 0. The van der Waals surface area contributed by atoms with Gasteiger partial charge in [-0.15, -0.1) is 0 Å². The van der Waals surface area contributed by atoms with Crippen molar-refractivity contribution in [1.82, 2.24) is 0 Å². The molecule has 1 N–H and O–H groups in total. The van der Waals surface area contributed by atoms with Gasteiger partial charge in [0.1, 0.15) is 24.7 Å². The molecule has 26 heavy (non-hydrogen) atoms. The molecule has 0 aliphatic heterocycles. The first kappa shape index (κ1) is 19.3. The summed E-state index contributed by atoms with van der Waals surface area (Å²) in [4.78, 5) is 22.9. The fraction of sp³-hybridized carbons (Fsp3) is 0.300. The Labute approximate surface area is 153 Å². The second-order valence-corrected chi connectivity index (χ2v) is 5.56. The number of hydrogen-bond acceptors (Lipinski definition) is 5. The molecular formula is C20H23NO5. The maximum Gasteiger partial charge on any atom is 0.338 e. The molecule has 0 aliphatic rings. The number of carbonyl (C=O) groups excluding carboxylic acids is 2. The van der Waals surface area contributed by atoms with E-state index in [2.05, 4.69) is 12.2 Å².